The van der Waals surface area contributed by atoms with Gasteiger partial charge in [-0.05, 0) is 18.2 Å². The van der Waals surface area contributed by atoms with Gasteiger partial charge in [0.1, 0.15) is 10.7 Å². The van der Waals surface area contributed by atoms with Crippen LogP contribution in [0.1, 0.15) is 20.7 Å². The zero-order valence-corrected chi connectivity index (χ0v) is 11.6. The molecule has 1 aliphatic carbocycles. The lowest BCUT2D eigenvalue weighted by Gasteiger charge is -2.20. The van der Waals surface area contributed by atoms with Crippen LogP contribution >= 0.6 is 11.6 Å². The largest absolute Gasteiger partial charge is 0.398 e. The van der Waals surface area contributed by atoms with Crippen molar-refractivity contribution in [1.82, 2.24) is 0 Å². The first-order valence-corrected chi connectivity index (χ1v) is 6.67. The number of para-hydroxylation sites is 1. The lowest BCUT2D eigenvalue weighted by molar-refractivity contribution is 0.0982. The molecule has 5 heteroatoms. The Morgan fingerprint density at radius 3 is 2.33 bits per heavy atom. The maximum absolute atomic E-state index is 12.5. The van der Waals surface area contributed by atoms with E-state index in [1.54, 1.807) is 30.3 Å². The molecule has 0 saturated carbocycles. The molecule has 2 aromatic rings. The lowest BCUT2D eigenvalue weighted by atomic mass is 9.91. The van der Waals surface area contributed by atoms with Gasteiger partial charge < -0.3 is 11.1 Å². The number of anilines is 2. The van der Waals surface area contributed by atoms with Crippen molar-refractivity contribution in [3.05, 3.63) is 70.4 Å². The number of fused-ring (bicyclic) bond motifs is 1. The van der Waals surface area contributed by atoms with Crippen LogP contribution < -0.4 is 11.1 Å². The second-order valence-corrected chi connectivity index (χ2v) is 4.99. The molecule has 0 bridgehead atoms. The van der Waals surface area contributed by atoms with E-state index >= 15 is 0 Å². The fourth-order valence-electron chi connectivity index (χ4n) is 2.25. The number of benzene rings is 2. The minimum Gasteiger partial charge on any atom is -0.398 e. The van der Waals surface area contributed by atoms with Crippen molar-refractivity contribution in [1.29, 1.82) is 0 Å². The predicted molar refractivity (Wildman–Crippen MR) is 82.5 cm³/mol. The van der Waals surface area contributed by atoms with Gasteiger partial charge in [-0.15, -0.1) is 0 Å². The Bertz CT molecular complexity index is 782. The quantitative estimate of drug-likeness (QED) is 0.835. The van der Waals surface area contributed by atoms with Gasteiger partial charge in [-0.1, -0.05) is 41.9 Å². The maximum atomic E-state index is 12.5. The van der Waals surface area contributed by atoms with Crippen LogP contribution in [0.25, 0.3) is 0 Å². The number of nitrogen functional groups attached to an aromatic ring is 1. The monoisotopic (exact) mass is 298 g/mol. The standard InChI is InChI=1S/C16H11ClN2O2/c17-13-14(19-9-5-2-1-3-6-9)15(20)10-7-4-8-11(18)12(10)16(13)21/h1-8,19H,18H2. The molecular formula is C16H11ClN2O2. The second kappa shape index (κ2) is 5.07. The summed E-state index contributed by atoms with van der Waals surface area (Å²) in [6.07, 6.45) is 0. The summed E-state index contributed by atoms with van der Waals surface area (Å²) in [6.45, 7) is 0. The van der Waals surface area contributed by atoms with Gasteiger partial charge >= 0.3 is 0 Å². The number of halogens is 1. The van der Waals surface area contributed by atoms with E-state index in [4.69, 9.17) is 17.3 Å². The smallest absolute Gasteiger partial charge is 0.211 e. The number of Topliss-reactive ketones (excluding diaryl/α,β-unsaturated/α-hetero) is 2. The van der Waals surface area contributed by atoms with E-state index < -0.39 is 5.78 Å². The fraction of sp³-hybridized carbons (Fsp3) is 0. The number of nitrogens with one attached hydrogen (secondary N) is 1. The lowest BCUT2D eigenvalue weighted by Crippen LogP contribution is -2.25. The Morgan fingerprint density at radius 1 is 0.905 bits per heavy atom. The van der Waals surface area contributed by atoms with Crippen LogP contribution in [0.2, 0.25) is 0 Å². The minimum atomic E-state index is -0.442. The SMILES string of the molecule is Nc1cccc2c1C(=O)C(Cl)=C(Nc1ccccc1)C2=O. The molecule has 0 heterocycles. The summed E-state index contributed by atoms with van der Waals surface area (Å²) in [5.41, 5.74) is 7.23. The summed E-state index contributed by atoms with van der Waals surface area (Å²) in [4.78, 5) is 24.8. The van der Waals surface area contributed by atoms with Crippen molar-refractivity contribution >= 4 is 34.5 Å². The van der Waals surface area contributed by atoms with Crippen molar-refractivity contribution in [3.63, 3.8) is 0 Å². The van der Waals surface area contributed by atoms with E-state index in [0.29, 0.717) is 5.69 Å². The Balaban J connectivity index is 2.09. The maximum Gasteiger partial charge on any atom is 0.211 e. The molecule has 0 aliphatic heterocycles. The van der Waals surface area contributed by atoms with Crippen molar-refractivity contribution in [2.45, 2.75) is 0 Å². The molecule has 0 spiro atoms. The molecule has 0 amide bonds. The molecule has 0 atom stereocenters. The molecule has 0 saturated heterocycles. The van der Waals surface area contributed by atoms with E-state index in [0.717, 1.165) is 0 Å². The first-order valence-electron chi connectivity index (χ1n) is 6.29. The molecule has 1 aliphatic rings. The average Bonchev–Trinajstić information content (AvgIpc) is 2.50. The zero-order chi connectivity index (χ0) is 15.0. The highest BCUT2D eigenvalue weighted by Gasteiger charge is 2.32. The molecule has 0 radical (unpaired) electrons. The third-order valence-electron chi connectivity index (χ3n) is 3.26. The summed E-state index contributed by atoms with van der Waals surface area (Å²) in [5, 5.41) is 2.76. The molecular weight excluding hydrogens is 288 g/mol. The number of carbonyl (C=O) groups excluding carboxylic acids is 2. The topological polar surface area (TPSA) is 72.2 Å². The van der Waals surface area contributed by atoms with E-state index in [1.165, 1.54) is 0 Å². The number of rotatable bonds is 2. The molecule has 0 fully saturated rings. The van der Waals surface area contributed by atoms with Gasteiger partial charge in [0.15, 0.2) is 0 Å². The van der Waals surface area contributed by atoms with Gasteiger partial charge in [0.2, 0.25) is 11.6 Å². The highest BCUT2D eigenvalue weighted by molar-refractivity contribution is 6.50. The first-order chi connectivity index (χ1) is 10.1. The first kappa shape index (κ1) is 13.4. The Hall–Kier alpha value is -2.59. The van der Waals surface area contributed by atoms with Crippen LogP contribution in [0.5, 0.6) is 0 Å². The van der Waals surface area contributed by atoms with Crippen LogP contribution in [0, 0.1) is 0 Å². The molecule has 3 N–H and O–H groups in total. The van der Waals surface area contributed by atoms with Crippen LogP contribution in [0.15, 0.2) is 59.3 Å². The fourth-order valence-corrected chi connectivity index (χ4v) is 2.48. The van der Waals surface area contributed by atoms with E-state index in [2.05, 4.69) is 5.32 Å². The number of nitrogens with two attached hydrogens (primary N) is 1. The van der Waals surface area contributed by atoms with Gasteiger partial charge in [-0.3, -0.25) is 9.59 Å². The Morgan fingerprint density at radius 2 is 1.62 bits per heavy atom. The van der Waals surface area contributed by atoms with E-state index in [1.807, 2.05) is 18.2 Å². The summed E-state index contributed by atoms with van der Waals surface area (Å²) >= 11 is 6.07. The van der Waals surface area contributed by atoms with E-state index in [9.17, 15) is 9.59 Å². The normalized spacial score (nSPS) is 14.1. The molecule has 4 nitrogen and oxygen atoms in total. The third-order valence-corrected chi connectivity index (χ3v) is 3.62. The predicted octanol–water partition coefficient (Wildman–Crippen LogP) is 3.21. The van der Waals surface area contributed by atoms with Crippen LogP contribution in [-0.2, 0) is 0 Å². The molecule has 3 rings (SSSR count). The van der Waals surface area contributed by atoms with Gasteiger partial charge in [-0.25, -0.2) is 0 Å². The van der Waals surface area contributed by atoms with Crippen molar-refractivity contribution < 1.29 is 9.59 Å². The molecule has 21 heavy (non-hydrogen) atoms. The summed E-state index contributed by atoms with van der Waals surface area (Å²) in [7, 11) is 0. The highest BCUT2D eigenvalue weighted by atomic mass is 35.5. The van der Waals surface area contributed by atoms with Gasteiger partial charge in [0, 0.05) is 16.9 Å². The van der Waals surface area contributed by atoms with Crippen molar-refractivity contribution in [3.8, 4) is 0 Å². The third kappa shape index (κ3) is 2.19. The number of ketones is 2. The van der Waals surface area contributed by atoms with Crippen LogP contribution in [-0.4, -0.2) is 11.6 Å². The van der Waals surface area contributed by atoms with Gasteiger partial charge in [0.05, 0.1) is 5.56 Å². The van der Waals surface area contributed by atoms with Crippen molar-refractivity contribution in [2.24, 2.45) is 0 Å². The number of hydrogen-bond donors (Lipinski definition) is 2. The number of carbonyl (C=O) groups is 2. The minimum absolute atomic E-state index is 0.0750. The second-order valence-electron chi connectivity index (χ2n) is 4.61. The number of allylic oxidation sites excluding steroid dienone is 2. The number of hydrogen-bond acceptors (Lipinski definition) is 4. The van der Waals surface area contributed by atoms with Crippen LogP contribution in [0.3, 0.4) is 0 Å². The van der Waals surface area contributed by atoms with Gasteiger partial charge in [0.25, 0.3) is 0 Å². The van der Waals surface area contributed by atoms with Gasteiger partial charge in [-0.2, -0.15) is 0 Å². The summed E-state index contributed by atoms with van der Waals surface area (Å²) in [6, 6.07) is 13.8. The summed E-state index contributed by atoms with van der Waals surface area (Å²) < 4.78 is 0. The van der Waals surface area contributed by atoms with Crippen LogP contribution in [0.4, 0.5) is 11.4 Å². The molecule has 0 aromatic heterocycles. The molecule has 2 aromatic carbocycles. The Labute approximate surface area is 126 Å². The molecule has 0 unspecified atom stereocenters. The average molecular weight is 299 g/mol. The van der Waals surface area contributed by atoms with Crippen molar-refractivity contribution in [2.75, 3.05) is 11.1 Å². The van der Waals surface area contributed by atoms with E-state index in [-0.39, 0.29) is 33.3 Å². The highest BCUT2D eigenvalue weighted by Crippen LogP contribution is 2.32. The summed E-state index contributed by atoms with van der Waals surface area (Å²) in [5.74, 6) is -0.784. The Kier molecular flexibility index (Phi) is 3.23. The molecule has 104 valence electrons. The zero-order valence-electron chi connectivity index (χ0n) is 10.9.